The molecule has 0 rings (SSSR count). The number of unbranched alkanes of at least 4 members (excludes halogenated alkanes) is 25. The van der Waals surface area contributed by atoms with Crippen LogP contribution in [0.5, 0.6) is 0 Å². The molecule has 0 aromatic heterocycles. The first-order chi connectivity index (χ1) is 40.5. The maximum Gasteiger partial charge on any atom is 0.306 e. The molecule has 0 aliphatic heterocycles. The first kappa shape index (κ1) is 77.3. The zero-order valence-electron chi connectivity index (χ0n) is 53.2. The van der Waals surface area contributed by atoms with Crippen LogP contribution in [0.1, 0.15) is 297 Å². The lowest BCUT2D eigenvalue weighted by Gasteiger charge is -2.18. The van der Waals surface area contributed by atoms with E-state index in [4.69, 9.17) is 14.2 Å². The molecule has 82 heavy (non-hydrogen) atoms. The molecule has 0 amide bonds. The molecule has 0 saturated heterocycles. The molecule has 0 radical (unpaired) electrons. The van der Waals surface area contributed by atoms with E-state index in [0.717, 1.165) is 128 Å². The van der Waals surface area contributed by atoms with Crippen LogP contribution in [0.4, 0.5) is 0 Å². The number of hydrogen-bond acceptors (Lipinski definition) is 6. The smallest absolute Gasteiger partial charge is 0.306 e. The lowest BCUT2D eigenvalue weighted by Crippen LogP contribution is -2.30. The van der Waals surface area contributed by atoms with E-state index in [1.807, 2.05) is 0 Å². The van der Waals surface area contributed by atoms with Crippen LogP contribution in [0.15, 0.2) is 146 Å². The van der Waals surface area contributed by atoms with E-state index in [-0.39, 0.29) is 37.5 Å². The Hall–Kier alpha value is -4.71. The predicted octanol–water partition coefficient (Wildman–Crippen LogP) is 23.5. The van der Waals surface area contributed by atoms with E-state index < -0.39 is 6.10 Å². The van der Waals surface area contributed by atoms with Gasteiger partial charge in [-0.15, -0.1) is 0 Å². The molecule has 6 heteroatoms. The summed E-state index contributed by atoms with van der Waals surface area (Å²) < 4.78 is 16.9. The first-order valence-electron chi connectivity index (χ1n) is 33.8. The van der Waals surface area contributed by atoms with E-state index >= 15 is 0 Å². The van der Waals surface area contributed by atoms with Gasteiger partial charge in [-0.3, -0.25) is 14.4 Å². The molecule has 464 valence electrons. The Morgan fingerprint density at radius 2 is 0.488 bits per heavy atom. The summed E-state index contributed by atoms with van der Waals surface area (Å²) >= 11 is 0. The summed E-state index contributed by atoms with van der Waals surface area (Å²) in [6.07, 6.45) is 98.9. The molecular weight excluding hydrogens is 1010 g/mol. The third-order valence-electron chi connectivity index (χ3n) is 14.1. The minimum absolute atomic E-state index is 0.105. The Labute approximate surface area is 506 Å². The van der Waals surface area contributed by atoms with E-state index in [1.165, 1.54) is 122 Å². The molecule has 0 heterocycles. The van der Waals surface area contributed by atoms with Gasteiger partial charge < -0.3 is 14.2 Å². The highest BCUT2D eigenvalue weighted by Gasteiger charge is 2.19. The van der Waals surface area contributed by atoms with Crippen molar-refractivity contribution < 1.29 is 28.6 Å². The summed E-state index contributed by atoms with van der Waals surface area (Å²) in [6, 6.07) is 0. The number of allylic oxidation sites excluding steroid dienone is 24. The van der Waals surface area contributed by atoms with Crippen molar-refractivity contribution in [2.75, 3.05) is 13.2 Å². The molecule has 0 aromatic carbocycles. The molecule has 6 nitrogen and oxygen atoms in total. The summed E-state index contributed by atoms with van der Waals surface area (Å²) in [5.41, 5.74) is 0. The van der Waals surface area contributed by atoms with E-state index in [1.54, 1.807) is 0 Å². The molecule has 1 atom stereocenters. The molecule has 0 bridgehead atoms. The van der Waals surface area contributed by atoms with Crippen molar-refractivity contribution in [1.29, 1.82) is 0 Å². The molecule has 0 spiro atoms. The SMILES string of the molecule is CC/C=C\C/C=C\C/C=C\C/C=C\C/C=C\C/C=C\CCCCCCCCCCCCCCCCCCC(=O)OCC(COC(=O)CCCCCCC/C=C\CCCCC)OC(=O)CCC/C=C\C/C=C\C/C=C\C/C=C\C/C=C\CC. The molecule has 0 fully saturated rings. The van der Waals surface area contributed by atoms with Crippen molar-refractivity contribution in [3.8, 4) is 0 Å². The van der Waals surface area contributed by atoms with Gasteiger partial charge in [0.05, 0.1) is 0 Å². The normalized spacial score (nSPS) is 13.1. The van der Waals surface area contributed by atoms with Crippen LogP contribution in [-0.4, -0.2) is 37.2 Å². The average molecular weight is 1130 g/mol. The van der Waals surface area contributed by atoms with E-state index in [0.29, 0.717) is 19.3 Å². The van der Waals surface area contributed by atoms with Crippen LogP contribution >= 0.6 is 0 Å². The minimum Gasteiger partial charge on any atom is -0.462 e. The molecule has 0 aliphatic rings. The summed E-state index contributed by atoms with van der Waals surface area (Å²) in [4.78, 5) is 38.3. The Morgan fingerprint density at radius 1 is 0.256 bits per heavy atom. The van der Waals surface area contributed by atoms with Crippen LogP contribution in [0.3, 0.4) is 0 Å². The van der Waals surface area contributed by atoms with Crippen LogP contribution < -0.4 is 0 Å². The molecular formula is C76H124O6. The highest BCUT2D eigenvalue weighted by Crippen LogP contribution is 2.16. The lowest BCUT2D eigenvalue weighted by atomic mass is 10.0. The Morgan fingerprint density at radius 3 is 0.793 bits per heavy atom. The average Bonchev–Trinajstić information content (AvgIpc) is 3.47. The van der Waals surface area contributed by atoms with E-state index in [2.05, 4.69) is 167 Å². The highest BCUT2D eigenvalue weighted by atomic mass is 16.6. The van der Waals surface area contributed by atoms with Gasteiger partial charge in [-0.2, -0.15) is 0 Å². The second-order valence-corrected chi connectivity index (χ2v) is 22.0. The van der Waals surface area contributed by atoms with Crippen LogP contribution in [0.2, 0.25) is 0 Å². The van der Waals surface area contributed by atoms with Crippen molar-refractivity contribution in [3.05, 3.63) is 146 Å². The van der Waals surface area contributed by atoms with Gasteiger partial charge in [-0.05, 0) is 135 Å². The fraction of sp³-hybridized carbons (Fsp3) is 0.645. The monoisotopic (exact) mass is 1130 g/mol. The van der Waals surface area contributed by atoms with Crippen molar-refractivity contribution in [2.45, 2.75) is 303 Å². The number of carbonyl (C=O) groups excluding carboxylic acids is 3. The van der Waals surface area contributed by atoms with Gasteiger partial charge in [0.25, 0.3) is 0 Å². The maximum absolute atomic E-state index is 12.9. The second-order valence-electron chi connectivity index (χ2n) is 22.0. The van der Waals surface area contributed by atoms with Gasteiger partial charge in [0.15, 0.2) is 6.10 Å². The van der Waals surface area contributed by atoms with Crippen molar-refractivity contribution >= 4 is 17.9 Å². The molecule has 0 saturated carbocycles. The maximum atomic E-state index is 12.9. The topological polar surface area (TPSA) is 78.9 Å². The Bertz CT molecular complexity index is 1780. The third kappa shape index (κ3) is 66.1. The fourth-order valence-electron chi connectivity index (χ4n) is 9.07. The summed E-state index contributed by atoms with van der Waals surface area (Å²) in [5.74, 6) is -0.971. The number of ether oxygens (including phenoxy) is 3. The van der Waals surface area contributed by atoms with E-state index in [9.17, 15) is 14.4 Å². The first-order valence-corrected chi connectivity index (χ1v) is 33.8. The van der Waals surface area contributed by atoms with Crippen molar-refractivity contribution in [3.63, 3.8) is 0 Å². The zero-order chi connectivity index (χ0) is 59.2. The van der Waals surface area contributed by atoms with Crippen LogP contribution in [0, 0.1) is 0 Å². The Balaban J connectivity index is 4.21. The molecule has 0 N–H and O–H groups in total. The summed E-state index contributed by atoms with van der Waals surface area (Å²) in [7, 11) is 0. The van der Waals surface area contributed by atoms with Crippen LogP contribution in [0.25, 0.3) is 0 Å². The number of hydrogen-bond donors (Lipinski definition) is 0. The number of rotatable bonds is 60. The van der Waals surface area contributed by atoms with Gasteiger partial charge in [-0.25, -0.2) is 0 Å². The third-order valence-corrected chi connectivity index (χ3v) is 14.1. The Kier molecular flexibility index (Phi) is 64.8. The molecule has 0 aromatic rings. The summed E-state index contributed by atoms with van der Waals surface area (Å²) in [6.45, 7) is 6.34. The molecule has 1 unspecified atom stereocenters. The lowest BCUT2D eigenvalue weighted by molar-refractivity contribution is -0.167. The van der Waals surface area contributed by atoms with Gasteiger partial charge >= 0.3 is 17.9 Å². The fourth-order valence-corrected chi connectivity index (χ4v) is 9.07. The number of esters is 3. The minimum atomic E-state index is -0.815. The van der Waals surface area contributed by atoms with Crippen molar-refractivity contribution in [1.82, 2.24) is 0 Å². The largest absolute Gasteiger partial charge is 0.462 e. The van der Waals surface area contributed by atoms with Gasteiger partial charge in [0.1, 0.15) is 13.2 Å². The van der Waals surface area contributed by atoms with Gasteiger partial charge in [-0.1, -0.05) is 289 Å². The highest BCUT2D eigenvalue weighted by molar-refractivity contribution is 5.71. The molecule has 0 aliphatic carbocycles. The quantitative estimate of drug-likeness (QED) is 0.0261. The number of carbonyl (C=O) groups is 3. The second kappa shape index (κ2) is 68.8. The van der Waals surface area contributed by atoms with Gasteiger partial charge in [0.2, 0.25) is 0 Å². The summed E-state index contributed by atoms with van der Waals surface area (Å²) in [5, 5.41) is 0. The van der Waals surface area contributed by atoms with Gasteiger partial charge in [0, 0.05) is 19.3 Å². The predicted molar refractivity (Wildman–Crippen MR) is 357 cm³/mol. The van der Waals surface area contributed by atoms with Crippen molar-refractivity contribution in [2.24, 2.45) is 0 Å². The standard InChI is InChI=1S/C76H124O6/c1-4-7-10-13-16-19-22-25-27-29-30-31-32-33-34-35-36-37-38-39-40-41-42-43-44-45-46-48-49-51-54-57-60-63-66-69-75(78)81-72-73(71-80-74(77)68-65-62-59-56-53-24-21-18-15-12-9-6-3)82-76(79)70-67-64-61-58-55-52-50-47-28-26-23-20-17-14-11-8-5-2/h7-8,10-11,16-21,25-28,30-31,33-34,36-37,50,52,58,61,73H,4-6,9,12-15,22-24,29,32,35,38-49,51,53-57,59-60,62-72H2,1-3H3/b10-7-,11-8-,19-16-,20-17-,21-18-,27-25-,28-26-,31-30-,34-33-,37-36-,52-50-,61-58-. The van der Waals surface area contributed by atoms with Crippen LogP contribution in [-0.2, 0) is 28.6 Å². The zero-order valence-corrected chi connectivity index (χ0v) is 53.2.